The minimum atomic E-state index is -0.731. The van der Waals surface area contributed by atoms with Gasteiger partial charge in [-0.25, -0.2) is 0 Å². The highest BCUT2D eigenvalue weighted by Gasteiger charge is 2.23. The predicted octanol–water partition coefficient (Wildman–Crippen LogP) is 3.25. The molecular formula is C22H24ClN3O4. The zero-order valence-electron chi connectivity index (χ0n) is 16.7. The predicted molar refractivity (Wildman–Crippen MR) is 115 cm³/mol. The van der Waals surface area contributed by atoms with Gasteiger partial charge in [0.1, 0.15) is 5.76 Å². The first-order chi connectivity index (χ1) is 14.4. The first kappa shape index (κ1) is 21.6. The van der Waals surface area contributed by atoms with Crippen molar-refractivity contribution in [3.05, 3.63) is 59.0 Å². The van der Waals surface area contributed by atoms with Crippen molar-refractivity contribution in [1.29, 1.82) is 0 Å². The van der Waals surface area contributed by atoms with E-state index in [1.165, 1.54) is 6.08 Å². The van der Waals surface area contributed by atoms with Crippen molar-refractivity contribution in [3.8, 4) is 0 Å². The quantitative estimate of drug-likeness (QED) is 0.563. The van der Waals surface area contributed by atoms with Crippen LogP contribution in [0.2, 0.25) is 5.02 Å². The number of piperidine rings is 1. The molecule has 2 N–H and O–H groups in total. The number of carbonyl (C=O) groups excluding carboxylic acids is 3. The van der Waals surface area contributed by atoms with Crippen molar-refractivity contribution in [3.63, 3.8) is 0 Å². The van der Waals surface area contributed by atoms with Crippen LogP contribution in [-0.2, 0) is 14.4 Å². The number of rotatable bonds is 5. The van der Waals surface area contributed by atoms with Gasteiger partial charge in [0.2, 0.25) is 5.91 Å². The van der Waals surface area contributed by atoms with Gasteiger partial charge in [0.05, 0.1) is 6.26 Å². The molecule has 1 saturated heterocycles. The number of aryl methyl sites for hydroxylation is 1. The summed E-state index contributed by atoms with van der Waals surface area (Å²) >= 11 is 6.03. The van der Waals surface area contributed by atoms with Gasteiger partial charge in [-0.3, -0.25) is 14.4 Å². The Kier molecular flexibility index (Phi) is 7.30. The van der Waals surface area contributed by atoms with E-state index in [0.717, 1.165) is 18.4 Å². The molecule has 1 aliphatic heterocycles. The molecule has 30 heavy (non-hydrogen) atoms. The molecule has 1 aromatic carbocycles. The third kappa shape index (κ3) is 5.97. The van der Waals surface area contributed by atoms with Gasteiger partial charge in [-0.05, 0) is 61.6 Å². The molecule has 1 aliphatic rings. The smallest absolute Gasteiger partial charge is 0.313 e. The molecule has 8 heteroatoms. The van der Waals surface area contributed by atoms with Crippen LogP contribution in [0.4, 0.5) is 5.69 Å². The van der Waals surface area contributed by atoms with E-state index in [1.54, 1.807) is 47.6 Å². The van der Waals surface area contributed by atoms with Gasteiger partial charge in [0, 0.05) is 36.4 Å². The van der Waals surface area contributed by atoms with E-state index in [9.17, 15) is 14.4 Å². The number of halogens is 1. The summed E-state index contributed by atoms with van der Waals surface area (Å²) in [6.45, 7) is 3.46. The SMILES string of the molecule is Cc1ccc(NC(=O)C(=O)NCC2CCN(C(=O)/C=C/c3ccco3)CC2)cc1Cl. The number of amides is 3. The summed E-state index contributed by atoms with van der Waals surface area (Å²) in [4.78, 5) is 38.1. The minimum Gasteiger partial charge on any atom is -0.465 e. The normalized spacial score (nSPS) is 14.7. The summed E-state index contributed by atoms with van der Waals surface area (Å²) in [5.41, 5.74) is 1.36. The Labute approximate surface area is 180 Å². The molecule has 0 atom stereocenters. The molecule has 2 heterocycles. The molecule has 1 aromatic heterocycles. The fourth-order valence-corrected chi connectivity index (χ4v) is 3.36. The third-order valence-corrected chi connectivity index (χ3v) is 5.45. The average Bonchev–Trinajstić information content (AvgIpc) is 3.27. The minimum absolute atomic E-state index is 0.0648. The number of anilines is 1. The molecule has 0 aliphatic carbocycles. The fraction of sp³-hybridized carbons (Fsp3) is 0.318. The summed E-state index contributed by atoms with van der Waals surface area (Å²) in [5, 5.41) is 5.74. The molecule has 7 nitrogen and oxygen atoms in total. The Morgan fingerprint density at radius 1 is 1.20 bits per heavy atom. The Bertz CT molecular complexity index is 932. The second-order valence-electron chi connectivity index (χ2n) is 7.25. The first-order valence-electron chi connectivity index (χ1n) is 9.78. The first-order valence-corrected chi connectivity index (χ1v) is 10.2. The van der Waals surface area contributed by atoms with Crippen LogP contribution in [0.1, 0.15) is 24.2 Å². The standard InChI is InChI=1S/C22H24ClN3O4/c1-15-4-5-17(13-19(15)23)25-22(29)21(28)24-14-16-8-10-26(11-9-16)20(27)7-6-18-3-2-12-30-18/h2-7,12-13,16H,8-11,14H2,1H3,(H,24,28)(H,25,29)/b7-6+. The molecule has 0 radical (unpaired) electrons. The van der Waals surface area contributed by atoms with Crippen LogP contribution in [0, 0.1) is 12.8 Å². The van der Waals surface area contributed by atoms with Crippen LogP contribution >= 0.6 is 11.6 Å². The molecule has 0 bridgehead atoms. The number of benzene rings is 1. The van der Waals surface area contributed by atoms with Crippen molar-refractivity contribution in [2.45, 2.75) is 19.8 Å². The number of hydrogen-bond acceptors (Lipinski definition) is 4. The van der Waals surface area contributed by atoms with Crippen molar-refractivity contribution < 1.29 is 18.8 Å². The molecule has 0 unspecified atom stereocenters. The van der Waals surface area contributed by atoms with Crippen LogP contribution < -0.4 is 10.6 Å². The van der Waals surface area contributed by atoms with E-state index in [1.807, 2.05) is 6.92 Å². The van der Waals surface area contributed by atoms with Crippen LogP contribution in [0.25, 0.3) is 6.08 Å². The second kappa shape index (κ2) is 10.1. The summed E-state index contributed by atoms with van der Waals surface area (Å²) < 4.78 is 5.17. The van der Waals surface area contributed by atoms with Crippen molar-refractivity contribution >= 4 is 41.1 Å². The molecule has 0 saturated carbocycles. The van der Waals surface area contributed by atoms with Gasteiger partial charge in [0.25, 0.3) is 0 Å². The Morgan fingerprint density at radius 2 is 1.97 bits per heavy atom. The summed E-state index contributed by atoms with van der Waals surface area (Å²) in [5.74, 6) is -0.636. The van der Waals surface area contributed by atoms with Gasteiger partial charge in [0.15, 0.2) is 0 Å². The lowest BCUT2D eigenvalue weighted by Gasteiger charge is -2.31. The van der Waals surface area contributed by atoms with Crippen molar-refractivity contribution in [2.24, 2.45) is 5.92 Å². The maximum atomic E-state index is 12.2. The summed E-state index contributed by atoms with van der Waals surface area (Å²) in [6, 6.07) is 8.62. The van der Waals surface area contributed by atoms with Gasteiger partial charge >= 0.3 is 11.8 Å². The van der Waals surface area contributed by atoms with E-state index in [4.69, 9.17) is 16.0 Å². The van der Waals surface area contributed by atoms with Crippen molar-refractivity contribution in [1.82, 2.24) is 10.2 Å². The largest absolute Gasteiger partial charge is 0.465 e. The molecule has 0 spiro atoms. The van der Waals surface area contributed by atoms with Gasteiger partial charge in [-0.2, -0.15) is 0 Å². The topological polar surface area (TPSA) is 91.7 Å². The molecule has 3 amide bonds. The maximum Gasteiger partial charge on any atom is 0.313 e. The van der Waals surface area contributed by atoms with Gasteiger partial charge in [-0.15, -0.1) is 0 Å². The third-order valence-electron chi connectivity index (χ3n) is 5.05. The van der Waals surface area contributed by atoms with E-state index < -0.39 is 11.8 Å². The van der Waals surface area contributed by atoms with Crippen LogP contribution in [0.3, 0.4) is 0 Å². The summed E-state index contributed by atoms with van der Waals surface area (Å²) in [7, 11) is 0. The number of nitrogens with zero attached hydrogens (tertiary/aromatic N) is 1. The molecule has 3 rings (SSSR count). The number of hydrogen-bond donors (Lipinski definition) is 2. The number of carbonyl (C=O) groups is 3. The number of nitrogens with one attached hydrogen (secondary N) is 2. The van der Waals surface area contributed by atoms with Crippen LogP contribution in [-0.4, -0.2) is 42.3 Å². The van der Waals surface area contributed by atoms with E-state index in [-0.39, 0.29) is 11.8 Å². The average molecular weight is 430 g/mol. The maximum absolute atomic E-state index is 12.2. The number of furan rings is 1. The van der Waals surface area contributed by atoms with E-state index in [2.05, 4.69) is 10.6 Å². The molecular weight excluding hydrogens is 406 g/mol. The Balaban J connectivity index is 1.39. The zero-order chi connectivity index (χ0) is 21.5. The highest BCUT2D eigenvalue weighted by Crippen LogP contribution is 2.20. The molecule has 2 aromatic rings. The highest BCUT2D eigenvalue weighted by atomic mass is 35.5. The monoisotopic (exact) mass is 429 g/mol. The van der Waals surface area contributed by atoms with Gasteiger partial charge in [-0.1, -0.05) is 17.7 Å². The lowest BCUT2D eigenvalue weighted by Crippen LogP contribution is -2.43. The molecule has 1 fully saturated rings. The van der Waals surface area contributed by atoms with Crippen LogP contribution in [0.15, 0.2) is 47.1 Å². The van der Waals surface area contributed by atoms with Crippen molar-refractivity contribution in [2.75, 3.05) is 25.0 Å². The van der Waals surface area contributed by atoms with E-state index in [0.29, 0.717) is 36.1 Å². The zero-order valence-corrected chi connectivity index (χ0v) is 17.4. The number of likely N-dealkylation sites (tertiary alicyclic amines) is 1. The molecule has 158 valence electrons. The van der Waals surface area contributed by atoms with E-state index >= 15 is 0 Å². The highest BCUT2D eigenvalue weighted by molar-refractivity contribution is 6.39. The van der Waals surface area contributed by atoms with Gasteiger partial charge < -0.3 is 20.0 Å². The second-order valence-corrected chi connectivity index (χ2v) is 7.65. The van der Waals surface area contributed by atoms with Crippen LogP contribution in [0.5, 0.6) is 0 Å². The Morgan fingerprint density at radius 3 is 2.63 bits per heavy atom. The summed E-state index contributed by atoms with van der Waals surface area (Å²) in [6.07, 6.45) is 6.23. The fourth-order valence-electron chi connectivity index (χ4n) is 3.18. The Hall–Kier alpha value is -3.06. The lowest BCUT2D eigenvalue weighted by atomic mass is 9.96. The lowest BCUT2D eigenvalue weighted by molar-refractivity contribution is -0.136.